The van der Waals surface area contributed by atoms with Gasteiger partial charge < -0.3 is 15.0 Å². The van der Waals surface area contributed by atoms with Crippen LogP contribution in [0.1, 0.15) is 6.04 Å². The van der Waals surface area contributed by atoms with Crippen LogP contribution in [0.15, 0.2) is 21.5 Å². The van der Waals surface area contributed by atoms with Crippen molar-refractivity contribution in [2.45, 2.75) is 6.04 Å². The number of rotatable bonds is 1. The fourth-order valence-corrected chi connectivity index (χ4v) is 1.71. The van der Waals surface area contributed by atoms with Crippen molar-refractivity contribution in [3.63, 3.8) is 0 Å². The summed E-state index contributed by atoms with van der Waals surface area (Å²) in [6, 6.07) is 1.76. The molecule has 1 aliphatic heterocycles. The molecule has 4 nitrogen and oxygen atoms in total. The Bertz CT molecular complexity index is 384. The van der Waals surface area contributed by atoms with E-state index in [-0.39, 0.29) is 11.6 Å². The van der Waals surface area contributed by atoms with E-state index in [0.29, 0.717) is 23.4 Å². The van der Waals surface area contributed by atoms with E-state index >= 15 is 0 Å². The number of aromatic nitrogens is 1. The third-order valence-electron chi connectivity index (χ3n) is 2.03. The van der Waals surface area contributed by atoms with Gasteiger partial charge in [-0.05, 0) is 22.0 Å². The minimum atomic E-state index is -0.0532. The van der Waals surface area contributed by atoms with Gasteiger partial charge >= 0.3 is 0 Å². The Hall–Kier alpha value is -0.810. The summed E-state index contributed by atoms with van der Waals surface area (Å²) in [7, 11) is 0. The summed E-state index contributed by atoms with van der Waals surface area (Å²) in [5.74, 6) is 0. The first-order valence-corrected chi connectivity index (χ1v) is 4.72. The van der Waals surface area contributed by atoms with E-state index in [2.05, 4.69) is 15.9 Å². The summed E-state index contributed by atoms with van der Waals surface area (Å²) in [6.07, 6.45) is 1.65. The van der Waals surface area contributed by atoms with Gasteiger partial charge in [-0.2, -0.15) is 0 Å². The van der Waals surface area contributed by atoms with Gasteiger partial charge in [-0.1, -0.05) is 0 Å². The van der Waals surface area contributed by atoms with Crippen molar-refractivity contribution in [2.75, 3.05) is 18.9 Å². The van der Waals surface area contributed by atoms with E-state index in [0.717, 1.165) is 0 Å². The van der Waals surface area contributed by atoms with Crippen LogP contribution in [0, 0.1) is 0 Å². The molecule has 0 radical (unpaired) electrons. The van der Waals surface area contributed by atoms with E-state index in [1.54, 1.807) is 16.8 Å². The van der Waals surface area contributed by atoms with Gasteiger partial charge in [-0.15, -0.1) is 0 Å². The normalized spacial score (nSPS) is 17.0. The molecule has 1 aromatic heterocycles. The Morgan fingerprint density at radius 1 is 1.62 bits per heavy atom. The highest BCUT2D eigenvalue weighted by molar-refractivity contribution is 9.10. The average Bonchev–Trinajstić information content (AvgIpc) is 1.95. The van der Waals surface area contributed by atoms with Crippen molar-refractivity contribution in [1.82, 2.24) is 4.57 Å². The molecule has 0 saturated carbocycles. The van der Waals surface area contributed by atoms with Gasteiger partial charge in [-0.3, -0.25) is 4.79 Å². The van der Waals surface area contributed by atoms with Crippen molar-refractivity contribution < 1.29 is 4.74 Å². The molecule has 0 aromatic carbocycles. The molecule has 2 rings (SSSR count). The molecular formula is C8H9BrN2O2. The van der Waals surface area contributed by atoms with E-state index in [9.17, 15) is 4.79 Å². The first-order valence-electron chi connectivity index (χ1n) is 3.93. The van der Waals surface area contributed by atoms with Gasteiger partial charge in [0, 0.05) is 11.9 Å². The van der Waals surface area contributed by atoms with Gasteiger partial charge in [0.05, 0.1) is 23.7 Å². The number of pyridine rings is 1. The molecule has 5 heteroatoms. The number of nitrogens with two attached hydrogens (primary N) is 1. The van der Waals surface area contributed by atoms with Gasteiger partial charge in [0.2, 0.25) is 0 Å². The van der Waals surface area contributed by atoms with Crippen molar-refractivity contribution in [3.8, 4) is 0 Å². The molecule has 70 valence electrons. The second-order valence-electron chi connectivity index (χ2n) is 3.03. The third kappa shape index (κ3) is 1.49. The minimum absolute atomic E-state index is 0.0532. The highest BCUT2D eigenvalue weighted by Crippen LogP contribution is 2.18. The van der Waals surface area contributed by atoms with E-state index < -0.39 is 0 Å². The number of nitrogen functional groups attached to an aromatic ring is 1. The molecule has 0 bridgehead atoms. The molecule has 1 saturated heterocycles. The first kappa shape index (κ1) is 8.77. The number of nitrogens with zero attached hydrogens (tertiary/aromatic N) is 1. The van der Waals surface area contributed by atoms with Crippen LogP contribution in [-0.4, -0.2) is 17.8 Å². The maximum Gasteiger partial charge on any atom is 0.265 e. The van der Waals surface area contributed by atoms with E-state index in [4.69, 9.17) is 10.5 Å². The minimum Gasteiger partial charge on any atom is -0.398 e. The molecule has 1 fully saturated rings. The number of halogens is 1. The van der Waals surface area contributed by atoms with Crippen LogP contribution >= 0.6 is 15.9 Å². The number of hydrogen-bond donors (Lipinski definition) is 1. The molecule has 2 heterocycles. The first-order chi connectivity index (χ1) is 6.18. The fourth-order valence-electron chi connectivity index (χ4n) is 1.24. The van der Waals surface area contributed by atoms with Crippen molar-refractivity contribution in [2.24, 2.45) is 0 Å². The number of hydrogen-bond acceptors (Lipinski definition) is 3. The third-order valence-corrected chi connectivity index (χ3v) is 2.60. The highest BCUT2D eigenvalue weighted by atomic mass is 79.9. The van der Waals surface area contributed by atoms with Crippen molar-refractivity contribution >= 4 is 21.6 Å². The molecule has 0 spiro atoms. The predicted octanol–water partition coefficient (Wildman–Crippen LogP) is 0.764. The molecule has 0 aliphatic carbocycles. The number of ether oxygens (including phenoxy) is 1. The Kier molecular flexibility index (Phi) is 2.13. The maximum atomic E-state index is 11.6. The number of anilines is 1. The zero-order chi connectivity index (χ0) is 9.42. The van der Waals surface area contributed by atoms with Crippen molar-refractivity contribution in [3.05, 3.63) is 27.1 Å². The van der Waals surface area contributed by atoms with Crippen LogP contribution < -0.4 is 11.3 Å². The predicted molar refractivity (Wildman–Crippen MR) is 52.7 cm³/mol. The van der Waals surface area contributed by atoms with Gasteiger partial charge in [0.15, 0.2) is 0 Å². The molecule has 0 amide bonds. The second kappa shape index (κ2) is 3.16. The van der Waals surface area contributed by atoms with Crippen LogP contribution in [0.4, 0.5) is 5.69 Å². The Labute approximate surface area is 83.4 Å². The Morgan fingerprint density at radius 3 is 2.85 bits per heavy atom. The van der Waals surface area contributed by atoms with Crippen LogP contribution in [0.3, 0.4) is 0 Å². The average molecular weight is 245 g/mol. The summed E-state index contributed by atoms with van der Waals surface area (Å²) in [6.45, 7) is 1.19. The molecule has 0 atom stereocenters. The Morgan fingerprint density at radius 2 is 2.31 bits per heavy atom. The maximum absolute atomic E-state index is 11.6. The smallest absolute Gasteiger partial charge is 0.265 e. The Balaban J connectivity index is 2.49. The zero-order valence-corrected chi connectivity index (χ0v) is 8.45. The van der Waals surface area contributed by atoms with E-state index in [1.165, 1.54) is 0 Å². The highest BCUT2D eigenvalue weighted by Gasteiger charge is 2.21. The van der Waals surface area contributed by atoms with Crippen LogP contribution in [0.2, 0.25) is 0 Å². The van der Waals surface area contributed by atoms with E-state index in [1.807, 2.05) is 0 Å². The SMILES string of the molecule is Nc1cc(Br)c(=O)n(C2COC2)c1. The lowest BCUT2D eigenvalue weighted by Crippen LogP contribution is -2.37. The van der Waals surface area contributed by atoms with Crippen molar-refractivity contribution in [1.29, 1.82) is 0 Å². The monoisotopic (exact) mass is 244 g/mol. The summed E-state index contributed by atoms with van der Waals surface area (Å²) in [5, 5.41) is 0. The largest absolute Gasteiger partial charge is 0.398 e. The molecule has 1 aromatic rings. The zero-order valence-electron chi connectivity index (χ0n) is 6.87. The quantitative estimate of drug-likeness (QED) is 0.794. The summed E-state index contributed by atoms with van der Waals surface area (Å²) in [5.41, 5.74) is 6.14. The lowest BCUT2D eigenvalue weighted by Gasteiger charge is -2.28. The molecular weight excluding hydrogens is 236 g/mol. The summed E-state index contributed by atoms with van der Waals surface area (Å²) in [4.78, 5) is 11.6. The molecule has 2 N–H and O–H groups in total. The summed E-state index contributed by atoms with van der Waals surface area (Å²) >= 11 is 3.16. The second-order valence-corrected chi connectivity index (χ2v) is 3.88. The molecule has 0 unspecified atom stereocenters. The lowest BCUT2D eigenvalue weighted by molar-refractivity contribution is -0.0248. The van der Waals surface area contributed by atoms with Crippen LogP contribution in [-0.2, 0) is 4.74 Å². The van der Waals surface area contributed by atoms with Gasteiger partial charge in [0.25, 0.3) is 5.56 Å². The van der Waals surface area contributed by atoms with Crippen LogP contribution in [0.5, 0.6) is 0 Å². The molecule has 1 aliphatic rings. The van der Waals surface area contributed by atoms with Gasteiger partial charge in [-0.25, -0.2) is 0 Å². The lowest BCUT2D eigenvalue weighted by atomic mass is 10.2. The fraction of sp³-hybridized carbons (Fsp3) is 0.375. The topological polar surface area (TPSA) is 57.2 Å². The molecule has 13 heavy (non-hydrogen) atoms. The standard InChI is InChI=1S/C8H9BrN2O2/c9-7-1-5(10)2-11(8(7)12)6-3-13-4-6/h1-2,6H,3-4,10H2. The van der Waals surface area contributed by atoms with Crippen LogP contribution in [0.25, 0.3) is 0 Å². The van der Waals surface area contributed by atoms with Gasteiger partial charge in [0.1, 0.15) is 0 Å². The summed E-state index contributed by atoms with van der Waals surface area (Å²) < 4.78 is 7.12.